The lowest BCUT2D eigenvalue weighted by atomic mass is 10.1. The molecule has 1 fully saturated rings. The van der Waals surface area contributed by atoms with Crippen molar-refractivity contribution >= 4 is 39.5 Å². The minimum absolute atomic E-state index is 0.244. The summed E-state index contributed by atoms with van der Waals surface area (Å²) in [4.78, 5) is 27.0. The highest BCUT2D eigenvalue weighted by Gasteiger charge is 2.29. The van der Waals surface area contributed by atoms with Gasteiger partial charge >= 0.3 is 0 Å². The van der Waals surface area contributed by atoms with Gasteiger partial charge in [0.2, 0.25) is 11.9 Å². The van der Waals surface area contributed by atoms with Crippen molar-refractivity contribution in [2.45, 2.75) is 6.42 Å². The van der Waals surface area contributed by atoms with E-state index in [0.717, 1.165) is 59.0 Å². The van der Waals surface area contributed by atoms with Crippen LogP contribution in [0.15, 0.2) is 35.2 Å². The number of anilines is 4. The van der Waals surface area contributed by atoms with Crippen molar-refractivity contribution in [3.63, 3.8) is 0 Å². The molecular formula is C19H19BrN8O. The van der Waals surface area contributed by atoms with E-state index in [0.29, 0.717) is 19.2 Å². The van der Waals surface area contributed by atoms with E-state index >= 15 is 0 Å². The number of pyridine rings is 1. The summed E-state index contributed by atoms with van der Waals surface area (Å²) in [5, 5.41) is 0. The van der Waals surface area contributed by atoms with Gasteiger partial charge in [-0.15, -0.1) is 0 Å². The molecule has 9 nitrogen and oxygen atoms in total. The van der Waals surface area contributed by atoms with Crippen molar-refractivity contribution in [3.05, 3.63) is 40.8 Å². The summed E-state index contributed by atoms with van der Waals surface area (Å²) >= 11 is 3.45. The van der Waals surface area contributed by atoms with Gasteiger partial charge in [0.05, 0.1) is 18.9 Å². The first-order valence-electron chi connectivity index (χ1n) is 9.39. The fourth-order valence-corrected chi connectivity index (χ4v) is 3.83. The number of fused-ring (bicyclic) bond motifs is 1. The molecule has 2 aliphatic heterocycles. The van der Waals surface area contributed by atoms with Crippen LogP contribution in [0.3, 0.4) is 0 Å². The van der Waals surface area contributed by atoms with Gasteiger partial charge in [-0.1, -0.05) is 0 Å². The lowest BCUT2D eigenvalue weighted by molar-refractivity contribution is 0.122. The third kappa shape index (κ3) is 3.49. The van der Waals surface area contributed by atoms with Gasteiger partial charge in [0.15, 0.2) is 0 Å². The Morgan fingerprint density at radius 2 is 1.76 bits per heavy atom. The van der Waals surface area contributed by atoms with Gasteiger partial charge in [0.25, 0.3) is 0 Å². The number of aromatic nitrogens is 5. The van der Waals surface area contributed by atoms with Crippen LogP contribution < -0.4 is 15.5 Å². The van der Waals surface area contributed by atoms with E-state index in [9.17, 15) is 0 Å². The summed E-state index contributed by atoms with van der Waals surface area (Å²) in [6, 6.07) is 3.97. The monoisotopic (exact) mass is 454 g/mol. The van der Waals surface area contributed by atoms with Crippen LogP contribution in [0, 0.1) is 0 Å². The van der Waals surface area contributed by atoms with Gasteiger partial charge in [-0.05, 0) is 34.5 Å². The predicted octanol–water partition coefficient (Wildman–Crippen LogP) is 2.20. The summed E-state index contributed by atoms with van der Waals surface area (Å²) in [6.45, 7) is 3.63. The Labute approximate surface area is 176 Å². The summed E-state index contributed by atoms with van der Waals surface area (Å²) in [5.41, 5.74) is 8.42. The standard InChI is InChI=1S/C19H19BrN8O/c20-13-1-2-15(22-11-13)28-4-3-14-16(12-9-23-18(21)24-10-12)25-19(26-17(14)28)27-5-7-29-8-6-27/h1-2,9-11H,3-8H2,(H2,21,23,24). The molecule has 10 heteroatoms. The molecule has 0 amide bonds. The third-order valence-electron chi connectivity index (χ3n) is 5.04. The Morgan fingerprint density at radius 1 is 0.966 bits per heavy atom. The van der Waals surface area contributed by atoms with Crippen LogP contribution >= 0.6 is 15.9 Å². The van der Waals surface area contributed by atoms with Crippen molar-refractivity contribution in [2.24, 2.45) is 0 Å². The number of rotatable bonds is 3. The van der Waals surface area contributed by atoms with Crippen LogP contribution in [-0.4, -0.2) is 57.8 Å². The van der Waals surface area contributed by atoms with Gasteiger partial charge in [0.1, 0.15) is 11.6 Å². The first-order chi connectivity index (χ1) is 14.2. The average molecular weight is 455 g/mol. The fourth-order valence-electron chi connectivity index (χ4n) is 3.60. The minimum atomic E-state index is 0.244. The Hall–Kier alpha value is -2.85. The number of nitrogen functional groups attached to an aromatic ring is 1. The number of hydrogen-bond donors (Lipinski definition) is 1. The Morgan fingerprint density at radius 3 is 2.48 bits per heavy atom. The zero-order valence-electron chi connectivity index (χ0n) is 15.6. The second-order valence-electron chi connectivity index (χ2n) is 6.84. The SMILES string of the molecule is Nc1ncc(-c2nc(N3CCOCC3)nc3c2CCN3c2ccc(Br)cn2)cn1. The third-order valence-corrected chi connectivity index (χ3v) is 5.51. The summed E-state index contributed by atoms with van der Waals surface area (Å²) in [6.07, 6.45) is 6.05. The smallest absolute Gasteiger partial charge is 0.228 e. The fraction of sp³-hybridized carbons (Fsp3) is 0.316. The highest BCUT2D eigenvalue weighted by Crippen LogP contribution is 2.38. The zero-order valence-corrected chi connectivity index (χ0v) is 17.2. The highest BCUT2D eigenvalue weighted by molar-refractivity contribution is 9.10. The molecule has 2 N–H and O–H groups in total. The van der Waals surface area contributed by atoms with Crippen molar-refractivity contribution < 1.29 is 4.74 Å². The molecule has 1 saturated heterocycles. The van der Waals surface area contributed by atoms with Crippen LogP contribution in [0.2, 0.25) is 0 Å². The quantitative estimate of drug-likeness (QED) is 0.636. The number of ether oxygens (including phenoxy) is 1. The zero-order chi connectivity index (χ0) is 19.8. The maximum atomic E-state index is 5.68. The van der Waals surface area contributed by atoms with E-state index < -0.39 is 0 Å². The van der Waals surface area contributed by atoms with E-state index in [1.165, 1.54) is 0 Å². The number of morpholine rings is 1. The normalized spacial score (nSPS) is 16.2. The van der Waals surface area contributed by atoms with Crippen LogP contribution in [0.5, 0.6) is 0 Å². The molecule has 5 rings (SSSR count). The van der Waals surface area contributed by atoms with Crippen LogP contribution in [0.1, 0.15) is 5.56 Å². The van der Waals surface area contributed by atoms with Crippen LogP contribution in [0.4, 0.5) is 23.5 Å². The molecule has 0 unspecified atom stereocenters. The molecule has 148 valence electrons. The molecule has 0 bridgehead atoms. The van der Waals surface area contributed by atoms with Gasteiger partial charge in [0, 0.05) is 53.8 Å². The topological polar surface area (TPSA) is 106 Å². The lowest BCUT2D eigenvalue weighted by Gasteiger charge is -2.28. The molecule has 0 aliphatic carbocycles. The van der Waals surface area contributed by atoms with Gasteiger partial charge in [-0.3, -0.25) is 0 Å². The summed E-state index contributed by atoms with van der Waals surface area (Å²) in [5.74, 6) is 2.66. The van der Waals surface area contributed by atoms with Crippen LogP contribution in [0.25, 0.3) is 11.3 Å². The molecule has 0 spiro atoms. The maximum absolute atomic E-state index is 5.68. The van der Waals surface area contributed by atoms with Gasteiger partial charge in [-0.2, -0.15) is 4.98 Å². The van der Waals surface area contributed by atoms with Crippen molar-refractivity contribution in [2.75, 3.05) is 48.4 Å². The van der Waals surface area contributed by atoms with E-state index in [1.807, 2.05) is 12.1 Å². The van der Waals surface area contributed by atoms with E-state index in [2.05, 4.69) is 40.7 Å². The number of nitrogens with zero attached hydrogens (tertiary/aromatic N) is 7. The molecule has 0 radical (unpaired) electrons. The molecule has 5 heterocycles. The highest BCUT2D eigenvalue weighted by atomic mass is 79.9. The number of hydrogen-bond acceptors (Lipinski definition) is 9. The van der Waals surface area contributed by atoms with E-state index in [4.69, 9.17) is 20.4 Å². The summed E-state index contributed by atoms with van der Waals surface area (Å²) < 4.78 is 6.43. The molecule has 3 aromatic heterocycles. The number of halogens is 1. The van der Waals surface area contributed by atoms with Gasteiger partial charge in [-0.25, -0.2) is 19.9 Å². The Balaban J connectivity index is 1.63. The Bertz CT molecular complexity index is 1020. The first-order valence-corrected chi connectivity index (χ1v) is 10.2. The predicted molar refractivity (Wildman–Crippen MR) is 113 cm³/mol. The molecule has 29 heavy (non-hydrogen) atoms. The largest absolute Gasteiger partial charge is 0.378 e. The van der Waals surface area contributed by atoms with Crippen LogP contribution in [-0.2, 0) is 11.2 Å². The molecule has 0 atom stereocenters. The van der Waals surface area contributed by atoms with E-state index in [-0.39, 0.29) is 5.95 Å². The van der Waals surface area contributed by atoms with Crippen molar-refractivity contribution in [1.29, 1.82) is 0 Å². The second kappa shape index (κ2) is 7.53. The lowest BCUT2D eigenvalue weighted by Crippen LogP contribution is -2.37. The number of nitrogens with two attached hydrogens (primary N) is 1. The van der Waals surface area contributed by atoms with E-state index in [1.54, 1.807) is 18.6 Å². The van der Waals surface area contributed by atoms with Crippen molar-refractivity contribution in [3.8, 4) is 11.3 Å². The first kappa shape index (κ1) is 18.2. The summed E-state index contributed by atoms with van der Waals surface area (Å²) in [7, 11) is 0. The Kier molecular flexibility index (Phi) is 4.72. The molecule has 0 aromatic carbocycles. The average Bonchev–Trinajstić information content (AvgIpc) is 3.19. The molecule has 3 aromatic rings. The minimum Gasteiger partial charge on any atom is -0.378 e. The molecule has 2 aliphatic rings. The maximum Gasteiger partial charge on any atom is 0.228 e. The molecule has 0 saturated carbocycles. The second-order valence-corrected chi connectivity index (χ2v) is 7.76. The molecular weight excluding hydrogens is 436 g/mol. The van der Waals surface area contributed by atoms with Gasteiger partial charge < -0.3 is 20.3 Å². The van der Waals surface area contributed by atoms with Crippen molar-refractivity contribution in [1.82, 2.24) is 24.9 Å².